The fourth-order valence-electron chi connectivity index (χ4n) is 0. The second kappa shape index (κ2) is 9.06. The van der Waals surface area contributed by atoms with E-state index in [2.05, 4.69) is 8.97 Å². The van der Waals surface area contributed by atoms with E-state index in [-0.39, 0.29) is 31.7 Å². The zero-order chi connectivity index (χ0) is 2.71. The normalized spacial score (nSPS) is 2.50. The Balaban J connectivity index is 0. The third-order valence-electron chi connectivity index (χ3n) is 0. The van der Waals surface area contributed by atoms with Crippen LogP contribution in [0.3, 0.4) is 0 Å². The standard InChI is InChI=1S/CH4.2CH3.Cd/h1H4;2*1H3;. The number of hydrogen-bond acceptors (Lipinski definition) is 0. The molecule has 0 atom stereocenters. The van der Waals surface area contributed by atoms with Crippen molar-refractivity contribution >= 4 is 0 Å². The van der Waals surface area contributed by atoms with Gasteiger partial charge in [0.15, 0.2) is 0 Å². The molecule has 0 N–H and O–H groups in total. The van der Waals surface area contributed by atoms with Crippen LogP contribution < -0.4 is 0 Å². The number of rotatable bonds is 0. The molecule has 0 spiro atoms. The predicted molar refractivity (Wildman–Crippen MR) is 18.5 cm³/mol. The van der Waals surface area contributed by atoms with Crippen molar-refractivity contribution in [2.75, 3.05) is 0 Å². The van der Waals surface area contributed by atoms with Crippen molar-refractivity contribution in [3.63, 3.8) is 0 Å². The molecule has 0 aromatic heterocycles. The fourth-order valence-corrected chi connectivity index (χ4v) is 0. The van der Waals surface area contributed by atoms with Gasteiger partial charge in [0.2, 0.25) is 0 Å². The average molecular weight is 159 g/mol. The number of hydrogen-bond donors (Lipinski definition) is 0. The molecular weight excluding hydrogens is 148 g/mol. The van der Waals surface area contributed by atoms with Crippen molar-refractivity contribution in [1.82, 2.24) is 0 Å². The Labute approximate surface area is 40.8 Å². The van der Waals surface area contributed by atoms with Crippen LogP contribution in [0.25, 0.3) is 0 Å². The van der Waals surface area contributed by atoms with E-state index in [4.69, 9.17) is 0 Å². The van der Waals surface area contributed by atoms with Gasteiger partial charge < -0.3 is 0 Å². The molecule has 0 aromatic carbocycles. The molecule has 0 saturated heterocycles. The summed E-state index contributed by atoms with van der Waals surface area (Å²) in [6.07, 6.45) is 0. The molecule has 0 nitrogen and oxygen atoms in total. The summed E-state index contributed by atoms with van der Waals surface area (Å²) in [5.74, 6) is 0. The monoisotopic (exact) mass is 160 g/mol. The topological polar surface area (TPSA) is 0 Å². The van der Waals surface area contributed by atoms with Crippen LogP contribution in [0.2, 0.25) is 8.97 Å². The van der Waals surface area contributed by atoms with E-state index in [1.54, 1.807) is 0 Å². The van der Waals surface area contributed by atoms with Gasteiger partial charge in [-0.1, -0.05) is 7.43 Å². The fraction of sp³-hybridized carbons (Fsp3) is 1.00. The van der Waals surface area contributed by atoms with Crippen LogP contribution in [0.4, 0.5) is 0 Å². The van der Waals surface area contributed by atoms with Crippen LogP contribution in [0.15, 0.2) is 0 Å². The molecule has 0 bridgehead atoms. The zero-order valence-corrected chi connectivity index (χ0v) is 6.74. The van der Waals surface area contributed by atoms with Gasteiger partial charge in [-0.15, -0.1) is 0 Å². The van der Waals surface area contributed by atoms with Gasteiger partial charge in [-0.3, -0.25) is 0 Å². The first-order chi connectivity index (χ1) is 1.41. The summed E-state index contributed by atoms with van der Waals surface area (Å²) < 4.78 is 4.67. The summed E-state index contributed by atoms with van der Waals surface area (Å²) in [6, 6.07) is 0. The molecule has 0 saturated carbocycles. The van der Waals surface area contributed by atoms with E-state index >= 15 is 0 Å². The van der Waals surface area contributed by atoms with Gasteiger partial charge in [-0.2, -0.15) is 0 Å². The molecule has 0 amide bonds. The van der Waals surface area contributed by atoms with Crippen LogP contribution in [0, 0.1) is 0 Å². The molecule has 0 radical (unpaired) electrons. The second-order valence-corrected chi connectivity index (χ2v) is 4.74. The van der Waals surface area contributed by atoms with Gasteiger partial charge in [-0.25, -0.2) is 0 Å². The van der Waals surface area contributed by atoms with Crippen molar-refractivity contribution in [3.8, 4) is 0 Å². The summed E-state index contributed by atoms with van der Waals surface area (Å²) in [7, 11) is 0. The van der Waals surface area contributed by atoms with Crippen molar-refractivity contribution in [2.24, 2.45) is 0 Å². The van der Waals surface area contributed by atoms with Crippen LogP contribution in [0.1, 0.15) is 7.43 Å². The minimum absolute atomic E-state index is 0. The molecule has 0 aliphatic rings. The summed E-state index contributed by atoms with van der Waals surface area (Å²) in [4.78, 5) is 0. The SMILES string of the molecule is C.[CH3][Cd][CH3]. The van der Waals surface area contributed by atoms with Gasteiger partial charge >= 0.3 is 33.2 Å². The van der Waals surface area contributed by atoms with Gasteiger partial charge in [-0.05, 0) is 0 Å². The van der Waals surface area contributed by atoms with Crippen LogP contribution in [-0.2, 0) is 24.2 Å². The Morgan fingerprint density at radius 1 is 1.25 bits per heavy atom. The third kappa shape index (κ3) is 12.7. The van der Waals surface area contributed by atoms with Gasteiger partial charge in [0, 0.05) is 0 Å². The van der Waals surface area contributed by atoms with Gasteiger partial charge in [0.1, 0.15) is 0 Å². The molecule has 0 aromatic rings. The maximum absolute atomic E-state index is 2.34. The third-order valence-corrected chi connectivity index (χ3v) is 0. The Kier molecular flexibility index (Phi) is 20.1. The molecule has 0 heterocycles. The van der Waals surface area contributed by atoms with E-state index in [0.717, 1.165) is 0 Å². The van der Waals surface area contributed by atoms with Crippen molar-refractivity contribution < 1.29 is 24.2 Å². The zero-order valence-electron chi connectivity index (χ0n) is 2.71. The van der Waals surface area contributed by atoms with E-state index < -0.39 is 0 Å². The molecule has 0 fully saturated rings. The van der Waals surface area contributed by atoms with Crippen LogP contribution in [0.5, 0.6) is 0 Å². The van der Waals surface area contributed by atoms with Crippen LogP contribution >= 0.6 is 0 Å². The van der Waals surface area contributed by atoms with Gasteiger partial charge in [0.05, 0.1) is 0 Å². The maximum atomic E-state index is 2.34. The molecule has 0 unspecified atom stereocenters. The molecule has 1 heteroatoms. The summed E-state index contributed by atoms with van der Waals surface area (Å²) >= 11 is -0.01000. The van der Waals surface area contributed by atoms with Crippen molar-refractivity contribution in [1.29, 1.82) is 0 Å². The van der Waals surface area contributed by atoms with Crippen LogP contribution in [-0.4, -0.2) is 0 Å². The van der Waals surface area contributed by atoms with E-state index in [0.29, 0.717) is 0 Å². The summed E-state index contributed by atoms with van der Waals surface area (Å²) in [5, 5.41) is 0. The van der Waals surface area contributed by atoms with Gasteiger partial charge in [0.25, 0.3) is 0 Å². The quantitative estimate of drug-likeness (QED) is 0.472. The average Bonchev–Trinajstić information content (AvgIpc) is 0.918. The second-order valence-electron chi connectivity index (χ2n) is 0.707. The molecule has 0 rings (SSSR count). The predicted octanol–water partition coefficient (Wildman–Crippen LogP) is 1.80. The molecule has 0 aliphatic carbocycles. The summed E-state index contributed by atoms with van der Waals surface area (Å²) in [6.45, 7) is 0. The first kappa shape index (κ1) is 8.87. The molecule has 4 heavy (non-hydrogen) atoms. The van der Waals surface area contributed by atoms with Crippen molar-refractivity contribution in [2.45, 2.75) is 16.4 Å². The van der Waals surface area contributed by atoms with E-state index in [1.165, 1.54) is 0 Å². The van der Waals surface area contributed by atoms with E-state index in [1.807, 2.05) is 0 Å². The molecular formula is C3H10Cd. The first-order valence-corrected chi connectivity index (χ1v) is 9.49. The molecule has 0 aliphatic heterocycles. The Bertz CT molecular complexity index is 3.25. The Morgan fingerprint density at radius 3 is 1.25 bits per heavy atom. The Hall–Kier alpha value is 0.922. The van der Waals surface area contributed by atoms with E-state index in [9.17, 15) is 0 Å². The first-order valence-electron chi connectivity index (χ1n) is 1.41. The summed E-state index contributed by atoms with van der Waals surface area (Å²) in [5.41, 5.74) is 0. The van der Waals surface area contributed by atoms with Crippen molar-refractivity contribution in [3.05, 3.63) is 0 Å². The molecule has 24 valence electrons. The minimum atomic E-state index is -0.01000. The Morgan fingerprint density at radius 2 is 1.25 bits per heavy atom.